The van der Waals surface area contributed by atoms with Gasteiger partial charge < -0.3 is 4.84 Å². The molecule has 98 valence electrons. The first-order valence-corrected chi connectivity index (χ1v) is 6.77. The molecular formula is C13H15F2NOS. The summed E-state index contributed by atoms with van der Waals surface area (Å²) in [5.74, 6) is -0.790. The average Bonchev–Trinajstić information content (AvgIpc) is 2.30. The molecule has 0 unspecified atom stereocenters. The highest BCUT2D eigenvalue weighted by Gasteiger charge is 2.25. The van der Waals surface area contributed by atoms with Gasteiger partial charge in [0, 0.05) is 17.7 Å². The van der Waals surface area contributed by atoms with E-state index in [4.69, 9.17) is 4.84 Å². The summed E-state index contributed by atoms with van der Waals surface area (Å²) in [5.41, 5.74) is -0.150. The van der Waals surface area contributed by atoms with E-state index in [9.17, 15) is 8.78 Å². The van der Waals surface area contributed by atoms with E-state index in [2.05, 4.69) is 5.16 Å². The molecule has 0 amide bonds. The Bertz CT molecular complexity index is 454. The molecule has 0 N–H and O–H groups in total. The molecule has 2 nitrogen and oxygen atoms in total. The van der Waals surface area contributed by atoms with Crippen molar-refractivity contribution in [2.24, 2.45) is 5.16 Å². The van der Waals surface area contributed by atoms with Gasteiger partial charge in [-0.2, -0.15) is 0 Å². The molecule has 0 spiro atoms. The minimum Gasteiger partial charge on any atom is -0.389 e. The second-order valence-electron chi connectivity index (χ2n) is 4.82. The van der Waals surface area contributed by atoms with Crippen LogP contribution in [0.1, 0.15) is 32.3 Å². The summed E-state index contributed by atoms with van der Waals surface area (Å²) in [5, 5.41) is 4.78. The topological polar surface area (TPSA) is 21.6 Å². The molecule has 1 heterocycles. The Hall–Kier alpha value is -1.10. The van der Waals surface area contributed by atoms with Crippen molar-refractivity contribution in [3.8, 4) is 0 Å². The summed E-state index contributed by atoms with van der Waals surface area (Å²) < 4.78 is 26.8. The third kappa shape index (κ3) is 3.22. The molecule has 0 fully saturated rings. The highest BCUT2D eigenvalue weighted by atomic mass is 32.2. The number of hydrogen-bond donors (Lipinski definition) is 0. The first-order chi connectivity index (χ1) is 8.48. The van der Waals surface area contributed by atoms with Crippen molar-refractivity contribution in [3.63, 3.8) is 0 Å². The Morgan fingerprint density at radius 3 is 2.56 bits per heavy atom. The number of nitrogens with zero attached hydrogens (tertiary/aromatic N) is 1. The number of oxime groups is 1. The fourth-order valence-corrected chi connectivity index (χ4v) is 2.52. The van der Waals surface area contributed by atoms with E-state index < -0.39 is 11.6 Å². The number of benzene rings is 1. The molecule has 1 aliphatic heterocycles. The summed E-state index contributed by atoms with van der Waals surface area (Å²) in [6.45, 7) is 3.93. The monoisotopic (exact) mass is 271 g/mol. The molecular weight excluding hydrogens is 256 g/mol. The Labute approximate surface area is 109 Å². The lowest BCUT2D eigenvalue weighted by molar-refractivity contribution is -0.0273. The van der Waals surface area contributed by atoms with Crippen molar-refractivity contribution in [1.29, 1.82) is 0 Å². The molecule has 0 radical (unpaired) electrons. The van der Waals surface area contributed by atoms with Crippen molar-refractivity contribution in [3.05, 3.63) is 35.4 Å². The zero-order chi connectivity index (χ0) is 13.2. The maximum absolute atomic E-state index is 13.4. The second-order valence-corrected chi connectivity index (χ2v) is 5.87. The Balaban J connectivity index is 1.99. The number of halogens is 2. The van der Waals surface area contributed by atoms with Gasteiger partial charge in [0.25, 0.3) is 0 Å². The summed E-state index contributed by atoms with van der Waals surface area (Å²) in [7, 11) is 0. The summed E-state index contributed by atoms with van der Waals surface area (Å²) in [4.78, 5) is 5.31. The zero-order valence-corrected chi connectivity index (χ0v) is 11.2. The number of rotatable bonds is 2. The van der Waals surface area contributed by atoms with Crippen LogP contribution in [0.5, 0.6) is 0 Å². The minimum absolute atomic E-state index is 0.0926. The predicted octanol–water partition coefficient (Wildman–Crippen LogP) is 4.10. The van der Waals surface area contributed by atoms with Crippen molar-refractivity contribution in [2.75, 3.05) is 0 Å². The quantitative estimate of drug-likeness (QED) is 0.807. The second kappa shape index (κ2) is 5.26. The van der Waals surface area contributed by atoms with Crippen molar-refractivity contribution >= 4 is 16.8 Å². The maximum atomic E-state index is 13.4. The van der Waals surface area contributed by atoms with Gasteiger partial charge >= 0.3 is 0 Å². The normalized spacial score (nSPS) is 18.1. The van der Waals surface area contributed by atoms with Gasteiger partial charge in [0.15, 0.2) is 0 Å². The van der Waals surface area contributed by atoms with E-state index in [-0.39, 0.29) is 16.9 Å². The first-order valence-electron chi connectivity index (χ1n) is 5.79. The molecule has 0 bridgehead atoms. The highest BCUT2D eigenvalue weighted by Crippen LogP contribution is 2.28. The van der Waals surface area contributed by atoms with Crippen LogP contribution in [0.3, 0.4) is 0 Å². The molecule has 0 saturated heterocycles. The van der Waals surface area contributed by atoms with Crippen molar-refractivity contribution in [2.45, 2.75) is 38.0 Å². The molecule has 18 heavy (non-hydrogen) atoms. The van der Waals surface area contributed by atoms with Crippen LogP contribution in [-0.4, -0.2) is 10.6 Å². The Kier molecular flexibility index (Phi) is 3.90. The van der Waals surface area contributed by atoms with E-state index in [0.717, 1.165) is 17.9 Å². The van der Waals surface area contributed by atoms with E-state index in [0.29, 0.717) is 0 Å². The minimum atomic E-state index is -0.514. The third-order valence-electron chi connectivity index (χ3n) is 2.78. The van der Waals surface area contributed by atoms with Gasteiger partial charge in [-0.05, 0) is 32.4 Å². The fourth-order valence-electron chi connectivity index (χ4n) is 1.60. The van der Waals surface area contributed by atoms with E-state index in [1.54, 1.807) is 0 Å². The van der Waals surface area contributed by atoms with E-state index in [1.807, 2.05) is 13.8 Å². The van der Waals surface area contributed by atoms with E-state index >= 15 is 0 Å². The van der Waals surface area contributed by atoms with Crippen LogP contribution in [0.15, 0.2) is 23.4 Å². The largest absolute Gasteiger partial charge is 0.389 e. The summed E-state index contributed by atoms with van der Waals surface area (Å²) in [6, 6.07) is 3.89. The van der Waals surface area contributed by atoms with Crippen LogP contribution in [0, 0.1) is 11.6 Å². The number of hydrogen-bond acceptors (Lipinski definition) is 3. The molecule has 0 atom stereocenters. The van der Waals surface area contributed by atoms with Crippen LogP contribution >= 0.6 is 11.8 Å². The molecule has 1 aromatic rings. The number of thioether (sulfide) groups is 1. The van der Waals surface area contributed by atoms with Crippen molar-refractivity contribution in [1.82, 2.24) is 0 Å². The molecule has 1 aromatic carbocycles. The lowest BCUT2D eigenvalue weighted by Crippen LogP contribution is -2.26. The van der Waals surface area contributed by atoms with Crippen molar-refractivity contribution < 1.29 is 13.6 Å². The van der Waals surface area contributed by atoms with Crippen LogP contribution in [0.2, 0.25) is 0 Å². The molecule has 0 aromatic heterocycles. The van der Waals surface area contributed by atoms with E-state index in [1.165, 1.54) is 30.0 Å². The van der Waals surface area contributed by atoms with Gasteiger partial charge in [-0.25, -0.2) is 8.78 Å². The van der Waals surface area contributed by atoms with Gasteiger partial charge in [0.1, 0.15) is 22.3 Å². The molecule has 2 rings (SSSR count). The average molecular weight is 271 g/mol. The van der Waals surface area contributed by atoms with Gasteiger partial charge in [-0.3, -0.25) is 0 Å². The molecule has 0 saturated carbocycles. The summed E-state index contributed by atoms with van der Waals surface area (Å²) in [6.07, 6.45) is 1.65. The van der Waals surface area contributed by atoms with Gasteiger partial charge in [0.05, 0.1) is 0 Å². The van der Waals surface area contributed by atoms with Crippen LogP contribution in [0.4, 0.5) is 8.78 Å². The van der Waals surface area contributed by atoms with Gasteiger partial charge in [-0.15, -0.1) is 11.8 Å². The smallest absolute Gasteiger partial charge is 0.132 e. The standard InChI is InChI=1S/C13H15F2NOS/c1-13(2)7-6-12(16-17-13)18-8-9-10(14)4-3-5-11(9)15/h3-5H,6-8H2,1-2H3. The molecule has 0 aliphatic carbocycles. The zero-order valence-electron chi connectivity index (χ0n) is 10.4. The lowest BCUT2D eigenvalue weighted by Gasteiger charge is -2.26. The third-order valence-corrected chi connectivity index (χ3v) is 3.83. The Morgan fingerprint density at radius 2 is 2.00 bits per heavy atom. The predicted molar refractivity (Wildman–Crippen MR) is 69.5 cm³/mol. The Morgan fingerprint density at radius 1 is 1.33 bits per heavy atom. The van der Waals surface area contributed by atoms with Gasteiger partial charge in [-0.1, -0.05) is 11.2 Å². The molecule has 5 heteroatoms. The first kappa shape index (κ1) is 13.3. The highest BCUT2D eigenvalue weighted by molar-refractivity contribution is 8.13. The van der Waals surface area contributed by atoms with Crippen LogP contribution in [-0.2, 0) is 10.6 Å². The maximum Gasteiger partial charge on any atom is 0.132 e. The van der Waals surface area contributed by atoms with Gasteiger partial charge in [0.2, 0.25) is 0 Å². The lowest BCUT2D eigenvalue weighted by atomic mass is 10.0. The van der Waals surface area contributed by atoms with Crippen LogP contribution in [0.25, 0.3) is 0 Å². The van der Waals surface area contributed by atoms with Crippen LogP contribution < -0.4 is 0 Å². The summed E-state index contributed by atoms with van der Waals surface area (Å²) >= 11 is 1.32. The molecule has 1 aliphatic rings. The fraction of sp³-hybridized carbons (Fsp3) is 0.462. The SMILES string of the molecule is CC1(C)CCC(SCc2c(F)cccc2F)=NO1.